The first-order valence-electron chi connectivity index (χ1n) is 4.17. The third-order valence-corrected chi connectivity index (χ3v) is 1.78. The maximum atomic E-state index is 5.33. The maximum Gasteiger partial charge on any atom is 0.146 e. The third-order valence-electron chi connectivity index (χ3n) is 1.78. The van der Waals surface area contributed by atoms with Crippen LogP contribution in [0.15, 0.2) is 0 Å². The Labute approximate surface area is 77.9 Å². The molecular formula is C8H16O5. The van der Waals surface area contributed by atoms with E-state index in [-0.39, 0.29) is 25.8 Å². The molecule has 0 spiro atoms. The van der Waals surface area contributed by atoms with Crippen molar-refractivity contribution in [1.82, 2.24) is 0 Å². The van der Waals surface area contributed by atoms with Crippen LogP contribution in [0.4, 0.5) is 0 Å². The molecule has 0 bridgehead atoms. The molecule has 0 N–H and O–H groups in total. The Bertz CT molecular complexity index is 116. The van der Waals surface area contributed by atoms with Gasteiger partial charge in [-0.25, -0.2) is 0 Å². The predicted octanol–water partition coefficient (Wildman–Crippen LogP) is -0.00520. The fourth-order valence-corrected chi connectivity index (χ4v) is 1.14. The average molecular weight is 192 g/mol. The van der Waals surface area contributed by atoms with Gasteiger partial charge < -0.3 is 23.7 Å². The monoisotopic (exact) mass is 192 g/mol. The highest BCUT2D eigenvalue weighted by Crippen LogP contribution is 2.13. The fourth-order valence-electron chi connectivity index (χ4n) is 1.14. The van der Waals surface area contributed by atoms with E-state index in [4.69, 9.17) is 23.7 Å². The molecule has 1 heterocycles. The molecule has 2 unspecified atom stereocenters. The Kier molecular flexibility index (Phi) is 5.26. The van der Waals surface area contributed by atoms with E-state index in [0.717, 1.165) is 0 Å². The second-order valence-electron chi connectivity index (χ2n) is 2.76. The van der Waals surface area contributed by atoms with Crippen molar-refractivity contribution in [3.8, 4) is 0 Å². The first kappa shape index (κ1) is 10.9. The summed E-state index contributed by atoms with van der Waals surface area (Å²) in [6.07, 6.45) is -0.0924. The highest BCUT2D eigenvalue weighted by atomic mass is 16.7. The minimum atomic E-state index is -0.0462. The summed E-state index contributed by atoms with van der Waals surface area (Å²) >= 11 is 0. The zero-order valence-corrected chi connectivity index (χ0v) is 8.02. The fraction of sp³-hybridized carbons (Fsp3) is 1.00. The zero-order valence-electron chi connectivity index (χ0n) is 8.02. The third kappa shape index (κ3) is 3.58. The van der Waals surface area contributed by atoms with Crippen LogP contribution < -0.4 is 0 Å². The highest BCUT2D eigenvalue weighted by Gasteiger charge is 2.29. The van der Waals surface area contributed by atoms with Crippen molar-refractivity contribution in [1.29, 1.82) is 0 Å². The van der Waals surface area contributed by atoms with Gasteiger partial charge in [-0.05, 0) is 0 Å². The van der Waals surface area contributed by atoms with Crippen molar-refractivity contribution in [3.63, 3.8) is 0 Å². The van der Waals surface area contributed by atoms with Gasteiger partial charge in [0.25, 0.3) is 0 Å². The molecule has 78 valence electrons. The van der Waals surface area contributed by atoms with Gasteiger partial charge in [0.15, 0.2) is 0 Å². The van der Waals surface area contributed by atoms with Crippen LogP contribution in [0.1, 0.15) is 0 Å². The van der Waals surface area contributed by atoms with Crippen LogP contribution in [0.2, 0.25) is 0 Å². The van der Waals surface area contributed by atoms with E-state index in [1.807, 2.05) is 0 Å². The number of hydrogen-bond donors (Lipinski definition) is 0. The van der Waals surface area contributed by atoms with Crippen LogP contribution in [0, 0.1) is 0 Å². The Balaban J connectivity index is 2.18. The van der Waals surface area contributed by atoms with E-state index in [0.29, 0.717) is 13.2 Å². The summed E-state index contributed by atoms with van der Waals surface area (Å²) in [6.45, 7) is 1.64. The topological polar surface area (TPSA) is 46.2 Å². The molecule has 0 saturated carbocycles. The predicted molar refractivity (Wildman–Crippen MR) is 44.3 cm³/mol. The van der Waals surface area contributed by atoms with Crippen LogP contribution in [0.3, 0.4) is 0 Å². The van der Waals surface area contributed by atoms with Gasteiger partial charge in [0, 0.05) is 14.2 Å². The molecule has 13 heavy (non-hydrogen) atoms. The lowest BCUT2D eigenvalue weighted by Gasteiger charge is -2.17. The van der Waals surface area contributed by atoms with Crippen LogP contribution in [0.5, 0.6) is 0 Å². The summed E-state index contributed by atoms with van der Waals surface area (Å²) in [5, 5.41) is 0. The second-order valence-corrected chi connectivity index (χ2v) is 2.76. The van der Waals surface area contributed by atoms with Crippen molar-refractivity contribution in [3.05, 3.63) is 0 Å². The summed E-state index contributed by atoms with van der Waals surface area (Å²) in [7, 11) is 3.17. The standard InChI is InChI=1S/C8H16O5/c1-9-5-12-7-3-11-4-8(7)13-6-10-2/h7-8H,3-6H2,1-2H3. The molecule has 0 aromatic carbocycles. The lowest BCUT2D eigenvalue weighted by Crippen LogP contribution is -2.31. The number of rotatable bonds is 6. The summed E-state index contributed by atoms with van der Waals surface area (Å²) in [5.74, 6) is 0. The number of hydrogen-bond acceptors (Lipinski definition) is 5. The lowest BCUT2D eigenvalue weighted by atomic mass is 10.2. The van der Waals surface area contributed by atoms with Crippen LogP contribution in [-0.2, 0) is 23.7 Å². The van der Waals surface area contributed by atoms with Crippen LogP contribution >= 0.6 is 0 Å². The van der Waals surface area contributed by atoms with E-state index >= 15 is 0 Å². The Morgan fingerprint density at radius 1 is 1.00 bits per heavy atom. The largest absolute Gasteiger partial charge is 0.376 e. The highest BCUT2D eigenvalue weighted by molar-refractivity contribution is 4.75. The van der Waals surface area contributed by atoms with E-state index in [9.17, 15) is 0 Å². The molecule has 0 aliphatic carbocycles. The summed E-state index contributed by atoms with van der Waals surface area (Å²) < 4.78 is 25.5. The molecule has 5 heteroatoms. The van der Waals surface area contributed by atoms with Gasteiger partial charge in [-0.1, -0.05) is 0 Å². The second kappa shape index (κ2) is 6.28. The molecule has 0 radical (unpaired) electrons. The van der Waals surface area contributed by atoms with Gasteiger partial charge in [-0.15, -0.1) is 0 Å². The molecule has 1 aliphatic heterocycles. The van der Waals surface area contributed by atoms with Crippen LogP contribution in [-0.4, -0.2) is 53.2 Å². The van der Waals surface area contributed by atoms with Crippen molar-refractivity contribution in [2.45, 2.75) is 12.2 Å². The van der Waals surface area contributed by atoms with Gasteiger partial charge in [-0.3, -0.25) is 0 Å². The summed E-state index contributed by atoms with van der Waals surface area (Å²) in [5.41, 5.74) is 0. The van der Waals surface area contributed by atoms with Gasteiger partial charge in [0.05, 0.1) is 13.2 Å². The Morgan fingerprint density at radius 3 is 1.85 bits per heavy atom. The Morgan fingerprint density at radius 2 is 1.46 bits per heavy atom. The van der Waals surface area contributed by atoms with E-state index in [1.165, 1.54) is 0 Å². The van der Waals surface area contributed by atoms with Crippen molar-refractivity contribution in [2.24, 2.45) is 0 Å². The van der Waals surface area contributed by atoms with E-state index < -0.39 is 0 Å². The van der Waals surface area contributed by atoms with Gasteiger partial charge in [0.2, 0.25) is 0 Å². The SMILES string of the molecule is COCOC1COCC1OCOC. The van der Waals surface area contributed by atoms with Crippen molar-refractivity contribution >= 4 is 0 Å². The average Bonchev–Trinajstić information content (AvgIpc) is 2.59. The van der Waals surface area contributed by atoms with Gasteiger partial charge in [0.1, 0.15) is 25.8 Å². The minimum Gasteiger partial charge on any atom is -0.376 e. The smallest absolute Gasteiger partial charge is 0.146 e. The lowest BCUT2D eigenvalue weighted by molar-refractivity contribution is -0.139. The molecule has 0 amide bonds. The molecule has 0 aromatic heterocycles. The minimum absolute atomic E-state index is 0.0462. The number of methoxy groups -OCH3 is 2. The quantitative estimate of drug-likeness (QED) is 0.554. The molecule has 1 saturated heterocycles. The van der Waals surface area contributed by atoms with Gasteiger partial charge >= 0.3 is 0 Å². The molecule has 1 rings (SSSR count). The molecule has 2 atom stereocenters. The molecule has 5 nitrogen and oxygen atoms in total. The van der Waals surface area contributed by atoms with Gasteiger partial charge in [-0.2, -0.15) is 0 Å². The summed E-state index contributed by atoms with van der Waals surface area (Å²) in [4.78, 5) is 0. The van der Waals surface area contributed by atoms with Crippen LogP contribution in [0.25, 0.3) is 0 Å². The Hall–Kier alpha value is -0.200. The van der Waals surface area contributed by atoms with E-state index in [2.05, 4.69) is 0 Å². The first-order valence-corrected chi connectivity index (χ1v) is 4.17. The molecular weight excluding hydrogens is 176 g/mol. The first-order chi connectivity index (χ1) is 6.38. The summed E-state index contributed by atoms with van der Waals surface area (Å²) in [6, 6.07) is 0. The molecule has 1 fully saturated rings. The van der Waals surface area contributed by atoms with Crippen molar-refractivity contribution in [2.75, 3.05) is 41.0 Å². The number of ether oxygens (including phenoxy) is 5. The molecule has 1 aliphatic rings. The normalized spacial score (nSPS) is 28.2. The zero-order chi connectivity index (χ0) is 9.52. The maximum absolute atomic E-state index is 5.33. The molecule has 0 aromatic rings. The van der Waals surface area contributed by atoms with Crippen molar-refractivity contribution < 1.29 is 23.7 Å². The van der Waals surface area contributed by atoms with E-state index in [1.54, 1.807) is 14.2 Å².